The van der Waals surface area contributed by atoms with Crippen LogP contribution in [0.5, 0.6) is 11.5 Å². The molecule has 1 spiro atoms. The first kappa shape index (κ1) is 32.5. The molecule has 0 N–H and O–H groups in total. The second-order valence-electron chi connectivity index (χ2n) is 15.1. The van der Waals surface area contributed by atoms with Gasteiger partial charge in [-0.3, -0.25) is 4.57 Å². The van der Waals surface area contributed by atoms with E-state index in [-0.39, 0.29) is 0 Å². The van der Waals surface area contributed by atoms with Crippen molar-refractivity contribution >= 4 is 38.9 Å². The van der Waals surface area contributed by atoms with Gasteiger partial charge in [0.05, 0.1) is 38.9 Å². The van der Waals surface area contributed by atoms with E-state index in [1.54, 1.807) is 0 Å². The highest BCUT2D eigenvalue weighted by Gasteiger charge is 2.51. The molecule has 4 nitrogen and oxygen atoms in total. The molecular formula is C54H35N3O. The first-order valence-electron chi connectivity index (χ1n) is 19.8. The van der Waals surface area contributed by atoms with Gasteiger partial charge in [0.2, 0.25) is 0 Å². The zero-order valence-corrected chi connectivity index (χ0v) is 31.5. The Bertz CT molecular complexity index is 3100. The maximum atomic E-state index is 7.26. The maximum Gasteiger partial charge on any atom is 0.142 e. The van der Waals surface area contributed by atoms with Crippen molar-refractivity contribution in [2.45, 2.75) is 5.41 Å². The Hall–Kier alpha value is -7.69. The molecule has 4 heterocycles. The van der Waals surface area contributed by atoms with E-state index in [9.17, 15) is 0 Å². The number of hydrogen-bond donors (Lipinski definition) is 0. The van der Waals surface area contributed by atoms with E-state index >= 15 is 0 Å². The van der Waals surface area contributed by atoms with Crippen LogP contribution in [-0.2, 0) is 5.41 Å². The fourth-order valence-electron chi connectivity index (χ4n) is 9.66. The van der Waals surface area contributed by atoms with Gasteiger partial charge in [0.25, 0.3) is 0 Å². The maximum absolute atomic E-state index is 7.26. The minimum Gasteiger partial charge on any atom is -0.456 e. The van der Waals surface area contributed by atoms with E-state index in [0.717, 1.165) is 89.7 Å². The summed E-state index contributed by atoms with van der Waals surface area (Å²) >= 11 is 0. The van der Waals surface area contributed by atoms with E-state index < -0.39 is 5.41 Å². The molecule has 0 bridgehead atoms. The molecule has 12 rings (SSSR count). The zero-order valence-electron chi connectivity index (χ0n) is 31.5. The molecule has 0 aliphatic carbocycles. The van der Waals surface area contributed by atoms with Gasteiger partial charge in [-0.15, -0.1) is 0 Å². The van der Waals surface area contributed by atoms with Gasteiger partial charge >= 0.3 is 0 Å². The Labute approximate surface area is 336 Å². The van der Waals surface area contributed by atoms with Crippen molar-refractivity contribution in [3.8, 4) is 39.7 Å². The molecule has 0 saturated heterocycles. The third kappa shape index (κ3) is 4.60. The topological polar surface area (TPSA) is 30.3 Å². The van der Waals surface area contributed by atoms with Gasteiger partial charge < -0.3 is 9.64 Å². The fraction of sp³-hybridized carbons (Fsp3) is 0.0185. The van der Waals surface area contributed by atoms with Gasteiger partial charge in [-0.2, -0.15) is 0 Å². The van der Waals surface area contributed by atoms with Crippen LogP contribution in [0.4, 0.5) is 17.1 Å². The number of fused-ring (bicyclic) bond motifs is 12. The second-order valence-corrected chi connectivity index (χ2v) is 15.1. The van der Waals surface area contributed by atoms with Crippen LogP contribution in [0, 0.1) is 0 Å². The van der Waals surface area contributed by atoms with Crippen molar-refractivity contribution in [3.63, 3.8) is 0 Å². The summed E-state index contributed by atoms with van der Waals surface area (Å²) < 4.78 is 9.58. The van der Waals surface area contributed by atoms with Gasteiger partial charge in [-0.25, -0.2) is 4.98 Å². The minimum atomic E-state index is -0.675. The highest BCUT2D eigenvalue weighted by atomic mass is 16.5. The molecular weight excluding hydrogens is 707 g/mol. The van der Waals surface area contributed by atoms with Gasteiger partial charge in [0.15, 0.2) is 0 Å². The number of aromatic nitrogens is 2. The monoisotopic (exact) mass is 741 g/mol. The van der Waals surface area contributed by atoms with Crippen molar-refractivity contribution in [3.05, 3.63) is 235 Å². The predicted octanol–water partition coefficient (Wildman–Crippen LogP) is 13.8. The Morgan fingerprint density at radius 3 is 1.74 bits per heavy atom. The lowest BCUT2D eigenvalue weighted by molar-refractivity contribution is 0.439. The smallest absolute Gasteiger partial charge is 0.142 e. The van der Waals surface area contributed by atoms with Crippen LogP contribution >= 0.6 is 0 Å². The van der Waals surface area contributed by atoms with Crippen LogP contribution in [0.25, 0.3) is 50.0 Å². The summed E-state index contributed by atoms with van der Waals surface area (Å²) in [4.78, 5) is 7.83. The molecule has 0 fully saturated rings. The molecule has 0 saturated carbocycles. The van der Waals surface area contributed by atoms with E-state index in [0.29, 0.717) is 0 Å². The normalized spacial score (nSPS) is 13.4. The molecule has 0 atom stereocenters. The van der Waals surface area contributed by atoms with Crippen molar-refractivity contribution in [2.24, 2.45) is 0 Å². The molecule has 0 amide bonds. The molecule has 2 aromatic heterocycles. The lowest BCUT2D eigenvalue weighted by atomic mass is 9.61. The lowest BCUT2D eigenvalue weighted by Crippen LogP contribution is -2.39. The largest absolute Gasteiger partial charge is 0.456 e. The summed E-state index contributed by atoms with van der Waals surface area (Å²) in [6.07, 6.45) is 0. The summed E-state index contributed by atoms with van der Waals surface area (Å²) in [5, 5.41) is 2.18. The van der Waals surface area contributed by atoms with Crippen molar-refractivity contribution in [1.82, 2.24) is 9.55 Å². The van der Waals surface area contributed by atoms with Crippen LogP contribution in [0.3, 0.4) is 0 Å². The van der Waals surface area contributed by atoms with Gasteiger partial charge in [0.1, 0.15) is 17.3 Å². The standard InChI is InChI=1S/C54H35N3O/c1-4-18-36(19-5-1)38-34-45(37-20-6-2-7-21-37)55-51(35-38)57-46-28-14-10-24-40(46)52-49(57)33-32-44-53(52)58-50-31-17-13-27-43(50)54(44)41-25-11-15-29-47(41)56(39-22-8-3-9-23-39)48-30-16-12-26-42(48)54/h1-35H. The summed E-state index contributed by atoms with van der Waals surface area (Å²) in [6.45, 7) is 0. The number of nitrogens with zero attached hydrogens (tertiary/aromatic N) is 3. The van der Waals surface area contributed by atoms with E-state index in [4.69, 9.17) is 9.72 Å². The minimum absolute atomic E-state index is 0.675. The highest BCUT2D eigenvalue weighted by Crippen LogP contribution is 2.64. The number of para-hydroxylation sites is 5. The third-order valence-electron chi connectivity index (χ3n) is 12.0. The molecule has 4 heteroatoms. The van der Waals surface area contributed by atoms with E-state index in [1.165, 1.54) is 11.1 Å². The number of hydrogen-bond acceptors (Lipinski definition) is 3. The summed E-state index contributed by atoms with van der Waals surface area (Å²) in [5.41, 5.74) is 13.7. The van der Waals surface area contributed by atoms with Crippen molar-refractivity contribution in [1.29, 1.82) is 0 Å². The molecule has 0 radical (unpaired) electrons. The predicted molar refractivity (Wildman–Crippen MR) is 236 cm³/mol. The van der Waals surface area contributed by atoms with Crippen LogP contribution < -0.4 is 9.64 Å². The molecule has 10 aromatic rings. The summed E-state index contributed by atoms with van der Waals surface area (Å²) in [7, 11) is 0. The summed E-state index contributed by atoms with van der Waals surface area (Å²) in [6, 6.07) is 75.9. The number of rotatable bonds is 4. The molecule has 2 aliphatic heterocycles. The Morgan fingerprint density at radius 1 is 0.431 bits per heavy atom. The number of pyridine rings is 1. The number of ether oxygens (including phenoxy) is 1. The first-order chi connectivity index (χ1) is 28.8. The van der Waals surface area contributed by atoms with E-state index in [2.05, 4.69) is 222 Å². The molecule has 272 valence electrons. The number of benzene rings is 8. The van der Waals surface area contributed by atoms with Crippen LogP contribution in [0.2, 0.25) is 0 Å². The SMILES string of the molecule is c1ccc(-c2cc(-c3ccccc3)nc(-n3c4ccccc4c4c5c(ccc43)C3(c4ccccc4O5)c4ccccc4N(c4ccccc4)c4ccccc43)c2)cc1. The Morgan fingerprint density at radius 2 is 1.02 bits per heavy atom. The highest BCUT2D eigenvalue weighted by molar-refractivity contribution is 6.13. The molecule has 8 aromatic carbocycles. The fourth-order valence-corrected chi connectivity index (χ4v) is 9.66. The van der Waals surface area contributed by atoms with Gasteiger partial charge in [0, 0.05) is 27.8 Å². The molecule has 58 heavy (non-hydrogen) atoms. The molecule has 0 unspecified atom stereocenters. The average molecular weight is 742 g/mol. The van der Waals surface area contributed by atoms with Gasteiger partial charge in [-0.05, 0) is 76.9 Å². The Balaban J connectivity index is 1.18. The Kier molecular flexibility index (Phi) is 7.11. The average Bonchev–Trinajstić information content (AvgIpc) is 3.65. The quantitative estimate of drug-likeness (QED) is 0.180. The van der Waals surface area contributed by atoms with Crippen molar-refractivity contribution in [2.75, 3.05) is 4.90 Å². The van der Waals surface area contributed by atoms with E-state index in [1.807, 2.05) is 0 Å². The summed E-state index contributed by atoms with van der Waals surface area (Å²) in [5.74, 6) is 2.57. The molecule has 2 aliphatic rings. The third-order valence-corrected chi connectivity index (χ3v) is 12.0. The second kappa shape index (κ2) is 12.7. The van der Waals surface area contributed by atoms with Crippen molar-refractivity contribution < 1.29 is 4.74 Å². The first-order valence-corrected chi connectivity index (χ1v) is 19.8. The zero-order chi connectivity index (χ0) is 38.2. The van der Waals surface area contributed by atoms with Gasteiger partial charge in [-0.1, -0.05) is 158 Å². The van der Waals surface area contributed by atoms with Crippen LogP contribution in [0.1, 0.15) is 22.3 Å². The lowest BCUT2D eigenvalue weighted by Gasteiger charge is -2.48. The van der Waals surface area contributed by atoms with Crippen LogP contribution in [-0.4, -0.2) is 9.55 Å². The van der Waals surface area contributed by atoms with Crippen LogP contribution in [0.15, 0.2) is 212 Å². The number of anilines is 3.